The quantitative estimate of drug-likeness (QED) is 0.343. The Morgan fingerprint density at radius 2 is 1.65 bits per heavy atom. The SMILES string of the molecule is O=C1c2ccccc2C(=O)N1CCCOn1cc(S(=O)(=O)O)ccc1=S. The average Bonchev–Trinajstić information content (AvgIpc) is 2.84. The van der Waals surface area contributed by atoms with Gasteiger partial charge in [-0.3, -0.25) is 19.0 Å². The van der Waals surface area contributed by atoms with Crippen molar-refractivity contribution in [2.75, 3.05) is 13.2 Å². The van der Waals surface area contributed by atoms with Crippen molar-refractivity contribution in [3.8, 4) is 0 Å². The molecular weight excluding hydrogens is 380 g/mol. The van der Waals surface area contributed by atoms with Gasteiger partial charge in [-0.2, -0.15) is 13.1 Å². The number of fused-ring (bicyclic) bond motifs is 1. The van der Waals surface area contributed by atoms with Crippen LogP contribution in [-0.2, 0) is 10.1 Å². The molecular formula is C16H14N2O6S2. The van der Waals surface area contributed by atoms with Crippen molar-refractivity contribution < 1.29 is 27.4 Å². The number of nitrogens with zero attached hydrogens (tertiary/aromatic N) is 2. The zero-order valence-electron chi connectivity index (χ0n) is 13.4. The molecule has 0 saturated carbocycles. The third-order valence-corrected chi connectivity index (χ3v) is 4.94. The molecule has 0 spiro atoms. The van der Waals surface area contributed by atoms with Crippen LogP contribution in [0, 0.1) is 4.64 Å². The molecule has 1 aromatic heterocycles. The van der Waals surface area contributed by atoms with Gasteiger partial charge in [0.05, 0.1) is 17.3 Å². The summed E-state index contributed by atoms with van der Waals surface area (Å²) in [6.45, 7) is 0.230. The number of hydrogen-bond acceptors (Lipinski definition) is 6. The van der Waals surface area contributed by atoms with Gasteiger partial charge in [0, 0.05) is 13.0 Å². The minimum absolute atomic E-state index is 0.0800. The first-order valence-corrected chi connectivity index (χ1v) is 9.42. The van der Waals surface area contributed by atoms with Crippen LogP contribution in [-0.4, -0.2) is 47.6 Å². The predicted octanol–water partition coefficient (Wildman–Crippen LogP) is 1.58. The summed E-state index contributed by atoms with van der Waals surface area (Å²) in [5.74, 6) is -0.703. The molecule has 2 aromatic rings. The normalized spacial score (nSPS) is 13.8. The van der Waals surface area contributed by atoms with Crippen molar-refractivity contribution >= 4 is 34.2 Å². The summed E-state index contributed by atoms with van der Waals surface area (Å²) >= 11 is 5.02. The lowest BCUT2D eigenvalue weighted by atomic mass is 10.1. The molecule has 0 radical (unpaired) electrons. The Balaban J connectivity index is 1.61. The predicted molar refractivity (Wildman–Crippen MR) is 93.0 cm³/mol. The van der Waals surface area contributed by atoms with Gasteiger partial charge in [0.2, 0.25) is 0 Å². The van der Waals surface area contributed by atoms with Crippen LogP contribution >= 0.6 is 12.2 Å². The Kier molecular flexibility index (Phi) is 4.90. The van der Waals surface area contributed by atoms with E-state index < -0.39 is 10.1 Å². The van der Waals surface area contributed by atoms with E-state index in [2.05, 4.69) is 0 Å². The second-order valence-electron chi connectivity index (χ2n) is 5.50. The van der Waals surface area contributed by atoms with E-state index in [1.165, 1.54) is 6.07 Å². The fourth-order valence-electron chi connectivity index (χ4n) is 2.53. The largest absolute Gasteiger partial charge is 0.413 e. The molecule has 136 valence electrons. The van der Waals surface area contributed by atoms with Crippen LogP contribution in [0.15, 0.2) is 47.5 Å². The lowest BCUT2D eigenvalue weighted by Crippen LogP contribution is -2.32. The van der Waals surface area contributed by atoms with Gasteiger partial charge in [0.1, 0.15) is 16.1 Å². The topological polar surface area (TPSA) is 106 Å². The molecule has 1 N–H and O–H groups in total. The summed E-state index contributed by atoms with van der Waals surface area (Å²) in [6, 6.07) is 9.07. The summed E-state index contributed by atoms with van der Waals surface area (Å²) < 4.78 is 32.6. The molecule has 1 aromatic carbocycles. The van der Waals surface area contributed by atoms with Gasteiger partial charge in [-0.05, 0) is 24.3 Å². The second-order valence-corrected chi connectivity index (χ2v) is 7.34. The highest BCUT2D eigenvalue weighted by Crippen LogP contribution is 2.22. The van der Waals surface area contributed by atoms with Crippen LogP contribution in [0.25, 0.3) is 0 Å². The van der Waals surface area contributed by atoms with Gasteiger partial charge < -0.3 is 4.84 Å². The molecule has 2 amide bonds. The number of carbonyl (C=O) groups is 2. The van der Waals surface area contributed by atoms with E-state index in [9.17, 15) is 18.0 Å². The molecule has 0 bridgehead atoms. The maximum absolute atomic E-state index is 12.2. The van der Waals surface area contributed by atoms with Crippen molar-refractivity contribution in [2.24, 2.45) is 0 Å². The number of imide groups is 1. The number of pyridine rings is 1. The van der Waals surface area contributed by atoms with Gasteiger partial charge in [0.15, 0.2) is 0 Å². The maximum Gasteiger partial charge on any atom is 0.296 e. The molecule has 0 unspecified atom stereocenters. The van der Waals surface area contributed by atoms with Crippen LogP contribution < -0.4 is 4.84 Å². The molecule has 0 atom stereocenters. The molecule has 0 saturated heterocycles. The summed E-state index contributed by atoms with van der Waals surface area (Å²) in [5, 5.41) is 0. The van der Waals surface area contributed by atoms with Crippen molar-refractivity contribution in [1.29, 1.82) is 0 Å². The summed E-state index contributed by atoms with van der Waals surface area (Å²) in [7, 11) is -4.38. The van der Waals surface area contributed by atoms with Crippen molar-refractivity contribution in [2.45, 2.75) is 11.3 Å². The molecule has 1 aliphatic rings. The highest BCUT2D eigenvalue weighted by atomic mass is 32.2. The zero-order chi connectivity index (χ0) is 18.9. The van der Waals surface area contributed by atoms with E-state index in [0.29, 0.717) is 17.5 Å². The first kappa shape index (κ1) is 18.2. The van der Waals surface area contributed by atoms with E-state index in [1.54, 1.807) is 24.3 Å². The molecule has 3 rings (SSSR count). The van der Waals surface area contributed by atoms with Gasteiger partial charge >= 0.3 is 0 Å². The zero-order valence-corrected chi connectivity index (χ0v) is 15.0. The van der Waals surface area contributed by atoms with Crippen LogP contribution in [0.4, 0.5) is 0 Å². The molecule has 2 heterocycles. The average molecular weight is 394 g/mol. The Bertz CT molecular complexity index is 1010. The van der Waals surface area contributed by atoms with Crippen molar-refractivity contribution in [1.82, 2.24) is 9.63 Å². The molecule has 1 aliphatic heterocycles. The van der Waals surface area contributed by atoms with E-state index in [-0.39, 0.29) is 34.5 Å². The van der Waals surface area contributed by atoms with Crippen LogP contribution in [0.1, 0.15) is 27.1 Å². The Labute approximate surface area is 154 Å². The number of rotatable bonds is 6. The summed E-state index contributed by atoms with van der Waals surface area (Å²) in [6.07, 6.45) is 1.38. The number of amides is 2. The molecule has 0 fully saturated rings. The van der Waals surface area contributed by atoms with E-state index in [4.69, 9.17) is 21.6 Å². The van der Waals surface area contributed by atoms with Crippen LogP contribution in [0.5, 0.6) is 0 Å². The first-order chi connectivity index (χ1) is 12.3. The van der Waals surface area contributed by atoms with E-state index in [0.717, 1.165) is 21.9 Å². The molecule has 0 aliphatic carbocycles. The Morgan fingerprint density at radius 3 is 2.23 bits per heavy atom. The fourth-order valence-corrected chi connectivity index (χ4v) is 3.17. The molecule has 26 heavy (non-hydrogen) atoms. The minimum Gasteiger partial charge on any atom is -0.413 e. The highest BCUT2D eigenvalue weighted by Gasteiger charge is 2.34. The summed E-state index contributed by atoms with van der Waals surface area (Å²) in [5.41, 5.74) is 0.753. The second kappa shape index (κ2) is 6.98. The number of hydrogen-bond donors (Lipinski definition) is 1. The lowest BCUT2D eigenvalue weighted by Gasteiger charge is -2.15. The monoisotopic (exact) mass is 394 g/mol. The van der Waals surface area contributed by atoms with Crippen LogP contribution in [0.2, 0.25) is 0 Å². The number of benzene rings is 1. The summed E-state index contributed by atoms with van der Waals surface area (Å²) in [4.78, 5) is 30.6. The van der Waals surface area contributed by atoms with Crippen molar-refractivity contribution in [3.63, 3.8) is 0 Å². The van der Waals surface area contributed by atoms with E-state index >= 15 is 0 Å². The fraction of sp³-hybridized carbons (Fsp3) is 0.188. The number of carbonyl (C=O) groups excluding carboxylic acids is 2. The van der Waals surface area contributed by atoms with Gasteiger partial charge in [-0.1, -0.05) is 24.4 Å². The van der Waals surface area contributed by atoms with Crippen molar-refractivity contribution in [3.05, 3.63) is 58.4 Å². The smallest absolute Gasteiger partial charge is 0.296 e. The van der Waals surface area contributed by atoms with Gasteiger partial charge in [-0.25, -0.2) is 0 Å². The minimum atomic E-state index is -4.38. The van der Waals surface area contributed by atoms with E-state index in [1.807, 2.05) is 0 Å². The standard InChI is InChI=1S/C16H14N2O6S2/c19-15-12-4-1-2-5-13(12)16(20)17(15)8-3-9-24-18-10-11(26(21,22)23)6-7-14(18)25/h1-2,4-7,10H,3,8-9H2,(H,21,22,23). The third-order valence-electron chi connectivity index (χ3n) is 3.78. The number of aromatic nitrogens is 1. The van der Waals surface area contributed by atoms with Gasteiger partial charge in [0.25, 0.3) is 21.9 Å². The molecule has 10 heteroatoms. The van der Waals surface area contributed by atoms with Crippen LogP contribution in [0.3, 0.4) is 0 Å². The third kappa shape index (κ3) is 3.52. The van der Waals surface area contributed by atoms with Gasteiger partial charge in [-0.15, -0.1) is 0 Å². The maximum atomic E-state index is 12.2. The Morgan fingerprint density at radius 1 is 1.04 bits per heavy atom. The molecule has 8 nitrogen and oxygen atoms in total. The highest BCUT2D eigenvalue weighted by molar-refractivity contribution is 7.85. The Hall–Kier alpha value is -2.56. The lowest BCUT2D eigenvalue weighted by molar-refractivity contribution is 0.0610. The first-order valence-electron chi connectivity index (χ1n) is 7.58.